The summed E-state index contributed by atoms with van der Waals surface area (Å²) in [6, 6.07) is 8.64. The monoisotopic (exact) mass is 196 g/mol. The third-order valence-corrected chi connectivity index (χ3v) is 3.00. The SMILES string of the molecule is CCc1ccc(SCCCO)cc1. The van der Waals surface area contributed by atoms with E-state index < -0.39 is 0 Å². The van der Waals surface area contributed by atoms with Crippen LogP contribution in [0.25, 0.3) is 0 Å². The molecule has 1 N–H and O–H groups in total. The van der Waals surface area contributed by atoms with Crippen LogP contribution in [0.5, 0.6) is 0 Å². The summed E-state index contributed by atoms with van der Waals surface area (Å²) in [7, 11) is 0. The van der Waals surface area contributed by atoms with Crippen molar-refractivity contribution in [2.24, 2.45) is 0 Å². The minimum absolute atomic E-state index is 0.292. The molecule has 0 aliphatic heterocycles. The molecule has 0 saturated heterocycles. The largest absolute Gasteiger partial charge is 0.396 e. The molecule has 0 aliphatic carbocycles. The Balaban J connectivity index is 2.40. The lowest BCUT2D eigenvalue weighted by Crippen LogP contribution is -1.85. The van der Waals surface area contributed by atoms with Gasteiger partial charge in [0, 0.05) is 17.3 Å². The van der Waals surface area contributed by atoms with Crippen LogP contribution in [0.2, 0.25) is 0 Å². The summed E-state index contributed by atoms with van der Waals surface area (Å²) in [6.45, 7) is 2.45. The van der Waals surface area contributed by atoms with Gasteiger partial charge in [-0.25, -0.2) is 0 Å². The highest BCUT2D eigenvalue weighted by Gasteiger charge is 1.93. The number of thioether (sulfide) groups is 1. The van der Waals surface area contributed by atoms with Gasteiger partial charge in [0.25, 0.3) is 0 Å². The molecule has 0 aliphatic rings. The van der Waals surface area contributed by atoms with E-state index in [1.807, 2.05) is 0 Å². The van der Waals surface area contributed by atoms with Gasteiger partial charge in [-0.3, -0.25) is 0 Å². The molecule has 0 saturated carbocycles. The summed E-state index contributed by atoms with van der Waals surface area (Å²) < 4.78 is 0. The van der Waals surface area contributed by atoms with E-state index in [1.54, 1.807) is 11.8 Å². The third kappa shape index (κ3) is 3.83. The third-order valence-electron chi connectivity index (χ3n) is 1.90. The lowest BCUT2D eigenvalue weighted by molar-refractivity contribution is 0.296. The second kappa shape index (κ2) is 6.06. The molecule has 2 heteroatoms. The Morgan fingerprint density at radius 3 is 2.46 bits per heavy atom. The molecule has 1 aromatic rings. The Morgan fingerprint density at radius 1 is 1.23 bits per heavy atom. The molecular formula is C11H16OS. The van der Waals surface area contributed by atoms with Gasteiger partial charge in [-0.2, -0.15) is 0 Å². The molecule has 1 nitrogen and oxygen atoms in total. The van der Waals surface area contributed by atoms with Gasteiger partial charge in [0.2, 0.25) is 0 Å². The fourth-order valence-electron chi connectivity index (χ4n) is 1.08. The Morgan fingerprint density at radius 2 is 1.92 bits per heavy atom. The average molecular weight is 196 g/mol. The Bertz CT molecular complexity index is 230. The molecule has 0 atom stereocenters. The van der Waals surface area contributed by atoms with Crippen molar-refractivity contribution >= 4 is 11.8 Å². The molecule has 0 spiro atoms. The highest BCUT2D eigenvalue weighted by Crippen LogP contribution is 2.19. The van der Waals surface area contributed by atoms with Gasteiger partial charge in [0.15, 0.2) is 0 Å². The van der Waals surface area contributed by atoms with Crippen LogP contribution < -0.4 is 0 Å². The quantitative estimate of drug-likeness (QED) is 0.577. The van der Waals surface area contributed by atoms with E-state index >= 15 is 0 Å². The van der Waals surface area contributed by atoms with Crippen molar-refractivity contribution in [2.45, 2.75) is 24.7 Å². The zero-order valence-corrected chi connectivity index (χ0v) is 8.81. The van der Waals surface area contributed by atoms with Gasteiger partial charge in [0.05, 0.1) is 0 Å². The number of hydrogen-bond donors (Lipinski definition) is 1. The first kappa shape index (κ1) is 10.6. The molecule has 0 aromatic heterocycles. The normalized spacial score (nSPS) is 10.3. The summed E-state index contributed by atoms with van der Waals surface area (Å²) in [5.41, 5.74) is 1.38. The van der Waals surface area contributed by atoms with Gasteiger partial charge >= 0.3 is 0 Å². The Kier molecular flexibility index (Phi) is 4.94. The van der Waals surface area contributed by atoms with Gasteiger partial charge in [-0.05, 0) is 30.5 Å². The summed E-state index contributed by atoms with van der Waals surface area (Å²) in [6.07, 6.45) is 1.97. The zero-order chi connectivity index (χ0) is 9.52. The van der Waals surface area contributed by atoms with Gasteiger partial charge in [0.1, 0.15) is 0 Å². The van der Waals surface area contributed by atoms with Crippen molar-refractivity contribution < 1.29 is 5.11 Å². The molecule has 0 fully saturated rings. The average Bonchev–Trinajstić information content (AvgIpc) is 2.19. The van der Waals surface area contributed by atoms with Crippen molar-refractivity contribution in [1.29, 1.82) is 0 Å². The van der Waals surface area contributed by atoms with E-state index in [0.717, 1.165) is 18.6 Å². The number of aliphatic hydroxyl groups is 1. The van der Waals surface area contributed by atoms with E-state index in [4.69, 9.17) is 5.11 Å². The predicted octanol–water partition coefficient (Wildman–Crippen LogP) is 2.72. The molecular weight excluding hydrogens is 180 g/mol. The first-order chi connectivity index (χ1) is 6.36. The van der Waals surface area contributed by atoms with Crippen molar-refractivity contribution in [3.63, 3.8) is 0 Å². The number of benzene rings is 1. The van der Waals surface area contributed by atoms with Crippen LogP contribution in [-0.4, -0.2) is 17.5 Å². The smallest absolute Gasteiger partial charge is 0.0439 e. The summed E-state index contributed by atoms with van der Waals surface area (Å²) >= 11 is 1.80. The topological polar surface area (TPSA) is 20.2 Å². The molecule has 0 bridgehead atoms. The van der Waals surface area contributed by atoms with Crippen LogP contribution in [-0.2, 0) is 6.42 Å². The molecule has 0 amide bonds. The van der Waals surface area contributed by atoms with Gasteiger partial charge in [-0.15, -0.1) is 11.8 Å². The number of aliphatic hydroxyl groups excluding tert-OH is 1. The maximum atomic E-state index is 8.61. The lowest BCUT2D eigenvalue weighted by Gasteiger charge is -2.01. The van der Waals surface area contributed by atoms with E-state index in [9.17, 15) is 0 Å². The Labute approximate surface area is 84.2 Å². The van der Waals surface area contributed by atoms with Crippen molar-refractivity contribution in [1.82, 2.24) is 0 Å². The maximum Gasteiger partial charge on any atom is 0.0439 e. The summed E-state index contributed by atoms with van der Waals surface area (Å²) in [5.74, 6) is 1.00. The Hall–Kier alpha value is -0.470. The van der Waals surface area contributed by atoms with Crippen LogP contribution >= 0.6 is 11.8 Å². The van der Waals surface area contributed by atoms with E-state index in [1.165, 1.54) is 10.5 Å². The molecule has 1 rings (SSSR count). The maximum absolute atomic E-state index is 8.61. The van der Waals surface area contributed by atoms with Gasteiger partial charge < -0.3 is 5.11 Å². The lowest BCUT2D eigenvalue weighted by atomic mass is 10.2. The van der Waals surface area contributed by atoms with Crippen LogP contribution in [0.3, 0.4) is 0 Å². The predicted molar refractivity (Wildman–Crippen MR) is 58.2 cm³/mol. The highest BCUT2D eigenvalue weighted by molar-refractivity contribution is 7.99. The van der Waals surface area contributed by atoms with Crippen LogP contribution in [0.1, 0.15) is 18.9 Å². The first-order valence-corrected chi connectivity index (χ1v) is 5.68. The fourth-order valence-corrected chi connectivity index (χ4v) is 1.91. The molecule has 72 valence electrons. The number of hydrogen-bond acceptors (Lipinski definition) is 2. The van der Waals surface area contributed by atoms with Crippen LogP contribution in [0, 0.1) is 0 Å². The summed E-state index contributed by atoms with van der Waals surface area (Å²) in [4.78, 5) is 1.30. The minimum Gasteiger partial charge on any atom is -0.396 e. The highest BCUT2D eigenvalue weighted by atomic mass is 32.2. The minimum atomic E-state index is 0.292. The van der Waals surface area contributed by atoms with E-state index in [2.05, 4.69) is 31.2 Å². The van der Waals surface area contributed by atoms with Crippen LogP contribution in [0.4, 0.5) is 0 Å². The van der Waals surface area contributed by atoms with E-state index in [-0.39, 0.29) is 0 Å². The zero-order valence-electron chi connectivity index (χ0n) is 7.99. The fraction of sp³-hybridized carbons (Fsp3) is 0.455. The van der Waals surface area contributed by atoms with Crippen molar-refractivity contribution in [3.8, 4) is 0 Å². The molecule has 0 radical (unpaired) electrons. The first-order valence-electron chi connectivity index (χ1n) is 4.69. The molecule has 1 aromatic carbocycles. The summed E-state index contributed by atoms with van der Waals surface area (Å²) in [5, 5.41) is 8.61. The second-order valence-electron chi connectivity index (χ2n) is 2.92. The van der Waals surface area contributed by atoms with Gasteiger partial charge in [-0.1, -0.05) is 19.1 Å². The van der Waals surface area contributed by atoms with Crippen molar-refractivity contribution in [3.05, 3.63) is 29.8 Å². The second-order valence-corrected chi connectivity index (χ2v) is 4.09. The number of aryl methyl sites for hydroxylation is 1. The standard InChI is InChI=1S/C11H16OS/c1-2-10-4-6-11(7-5-10)13-9-3-8-12/h4-7,12H,2-3,8-9H2,1H3. The molecule has 0 heterocycles. The van der Waals surface area contributed by atoms with Crippen molar-refractivity contribution in [2.75, 3.05) is 12.4 Å². The van der Waals surface area contributed by atoms with Crippen LogP contribution in [0.15, 0.2) is 29.2 Å². The molecule has 0 unspecified atom stereocenters. The number of rotatable bonds is 5. The van der Waals surface area contributed by atoms with E-state index in [0.29, 0.717) is 6.61 Å². The molecule has 13 heavy (non-hydrogen) atoms.